The average Bonchev–Trinajstić information content (AvgIpc) is 3.37. The van der Waals surface area contributed by atoms with E-state index in [2.05, 4.69) is 36.3 Å². The van der Waals surface area contributed by atoms with Crippen LogP contribution < -0.4 is 26.2 Å². The lowest BCUT2D eigenvalue weighted by Gasteiger charge is -2.36. The Balaban J connectivity index is 1.41. The first-order valence-corrected chi connectivity index (χ1v) is 13.7. The molecule has 238 valence electrons. The number of nitrogens with zero attached hydrogens (tertiary/aromatic N) is 5. The Hall–Kier alpha value is -4.86. The van der Waals surface area contributed by atoms with E-state index in [4.69, 9.17) is 0 Å². The molecule has 10 nitrogen and oxygen atoms in total. The fraction of sp³-hybridized carbons (Fsp3) is 0.310. The van der Waals surface area contributed by atoms with Gasteiger partial charge in [-0.3, -0.25) is 4.79 Å². The number of rotatable bonds is 7. The van der Waals surface area contributed by atoms with Gasteiger partial charge in [0.2, 0.25) is 0 Å². The molecule has 0 bridgehead atoms. The van der Waals surface area contributed by atoms with Crippen molar-refractivity contribution >= 4 is 34.6 Å². The zero-order valence-corrected chi connectivity index (χ0v) is 24.3. The molecule has 0 spiro atoms. The standard InChI is InChI=1S/C29H29F6N9O/c1-16-4-5-20(12-22(16)41-26-8-17(2)42-44(26)25-13-24(36-3)38-15-39-25)40-27(45)18-9-19(28(30,31)32)11-21(10-18)43-7-6-37-23(14-43)29(33,34)35/h4-5,8-13,15,23,37,41H,6-7,14H2,1-3H3,(H,40,45)(H,36,38,39). The second-order valence-electron chi connectivity index (χ2n) is 10.5. The number of alkyl halides is 6. The summed E-state index contributed by atoms with van der Waals surface area (Å²) in [5.74, 6) is 0.755. The molecule has 1 aliphatic heterocycles. The molecule has 3 heterocycles. The molecule has 1 fully saturated rings. The van der Waals surface area contributed by atoms with Gasteiger partial charge in [-0.15, -0.1) is 0 Å². The number of carbonyl (C=O) groups excluding carboxylic acids is 1. The number of hydrogen-bond acceptors (Lipinski definition) is 8. The monoisotopic (exact) mass is 633 g/mol. The van der Waals surface area contributed by atoms with Crippen LogP contribution in [0.15, 0.2) is 54.9 Å². The van der Waals surface area contributed by atoms with E-state index in [0.717, 1.165) is 11.6 Å². The van der Waals surface area contributed by atoms with Crippen molar-refractivity contribution in [2.24, 2.45) is 0 Å². The Bertz CT molecular complexity index is 1700. The minimum atomic E-state index is -4.83. The largest absolute Gasteiger partial charge is 0.416 e. The van der Waals surface area contributed by atoms with Gasteiger partial charge in [0.1, 0.15) is 24.0 Å². The third-order valence-electron chi connectivity index (χ3n) is 7.16. The summed E-state index contributed by atoms with van der Waals surface area (Å²) in [6.45, 7) is 2.97. The van der Waals surface area contributed by atoms with E-state index < -0.39 is 36.4 Å². The lowest BCUT2D eigenvalue weighted by atomic mass is 10.1. The summed E-state index contributed by atoms with van der Waals surface area (Å²) in [5.41, 5.74) is 0.691. The molecule has 1 unspecified atom stereocenters. The summed E-state index contributed by atoms with van der Waals surface area (Å²) in [5, 5.41) is 15.6. The van der Waals surface area contributed by atoms with Crippen molar-refractivity contribution in [3.8, 4) is 5.82 Å². The first-order valence-electron chi connectivity index (χ1n) is 13.7. The maximum absolute atomic E-state index is 13.8. The van der Waals surface area contributed by atoms with E-state index in [0.29, 0.717) is 34.9 Å². The van der Waals surface area contributed by atoms with Crippen LogP contribution in [0.1, 0.15) is 27.2 Å². The van der Waals surface area contributed by atoms with E-state index in [-0.39, 0.29) is 30.0 Å². The van der Waals surface area contributed by atoms with Crippen molar-refractivity contribution in [1.82, 2.24) is 25.1 Å². The van der Waals surface area contributed by atoms with Crippen LogP contribution in [0.5, 0.6) is 0 Å². The molecule has 4 N–H and O–H groups in total. The topological polar surface area (TPSA) is 112 Å². The molecule has 2 aromatic heterocycles. The van der Waals surface area contributed by atoms with E-state index in [1.54, 1.807) is 49.0 Å². The maximum atomic E-state index is 13.8. The van der Waals surface area contributed by atoms with Crippen molar-refractivity contribution < 1.29 is 31.1 Å². The second kappa shape index (κ2) is 12.3. The molecular formula is C29H29F6N9O. The number of halogens is 6. The minimum Gasteiger partial charge on any atom is -0.373 e. The predicted molar refractivity (Wildman–Crippen MR) is 157 cm³/mol. The summed E-state index contributed by atoms with van der Waals surface area (Å²) >= 11 is 0. The lowest BCUT2D eigenvalue weighted by molar-refractivity contribution is -0.155. The van der Waals surface area contributed by atoms with Crippen molar-refractivity contribution in [3.05, 3.63) is 77.2 Å². The highest BCUT2D eigenvalue weighted by Gasteiger charge is 2.42. The summed E-state index contributed by atoms with van der Waals surface area (Å²) in [7, 11) is 1.72. The van der Waals surface area contributed by atoms with E-state index in [1.807, 2.05) is 6.92 Å². The number of amides is 1. The highest BCUT2D eigenvalue weighted by Crippen LogP contribution is 2.35. The molecule has 1 saturated heterocycles. The van der Waals surface area contributed by atoms with Crippen LogP contribution in [0.3, 0.4) is 0 Å². The molecule has 1 aliphatic rings. The average molecular weight is 634 g/mol. The molecule has 0 aliphatic carbocycles. The van der Waals surface area contributed by atoms with Crippen LogP contribution in [0, 0.1) is 13.8 Å². The second-order valence-corrected chi connectivity index (χ2v) is 10.5. The van der Waals surface area contributed by atoms with Gasteiger partial charge in [-0.25, -0.2) is 9.97 Å². The van der Waals surface area contributed by atoms with Gasteiger partial charge in [0.05, 0.1) is 11.3 Å². The van der Waals surface area contributed by atoms with Crippen molar-refractivity contribution in [3.63, 3.8) is 0 Å². The number of aryl methyl sites for hydroxylation is 2. The normalized spacial score (nSPS) is 15.6. The van der Waals surface area contributed by atoms with Gasteiger partial charge in [0.25, 0.3) is 5.91 Å². The Morgan fingerprint density at radius 3 is 2.49 bits per heavy atom. The quantitative estimate of drug-likeness (QED) is 0.193. The summed E-state index contributed by atoms with van der Waals surface area (Å²) in [4.78, 5) is 22.8. The van der Waals surface area contributed by atoms with E-state index in [9.17, 15) is 31.1 Å². The SMILES string of the molecule is CNc1cc(-n2nc(C)cc2Nc2cc(NC(=O)c3cc(N4CCNC(C(F)(F)F)C4)cc(C(F)(F)F)c3)ccc2C)ncn1. The molecule has 0 radical (unpaired) electrons. The molecule has 5 rings (SSSR count). The van der Waals surface area contributed by atoms with Crippen LogP contribution in [-0.2, 0) is 6.18 Å². The molecule has 1 amide bonds. The van der Waals surface area contributed by atoms with Crippen molar-refractivity contribution in [2.45, 2.75) is 32.2 Å². The molecule has 45 heavy (non-hydrogen) atoms. The predicted octanol–water partition coefficient (Wildman–Crippen LogP) is 5.68. The van der Waals surface area contributed by atoms with E-state index in [1.165, 1.54) is 17.3 Å². The van der Waals surface area contributed by atoms with Crippen LogP contribution in [-0.4, -0.2) is 64.6 Å². The number of piperazine rings is 1. The molecule has 2 aromatic carbocycles. The molecule has 0 saturated carbocycles. The zero-order chi connectivity index (χ0) is 32.5. The molecule has 1 atom stereocenters. The minimum absolute atomic E-state index is 0.0310. The van der Waals surface area contributed by atoms with Gasteiger partial charge in [-0.05, 0) is 49.7 Å². The van der Waals surface area contributed by atoms with Crippen molar-refractivity contribution in [2.75, 3.05) is 47.5 Å². The first kappa shape index (κ1) is 31.6. The fourth-order valence-electron chi connectivity index (χ4n) is 4.83. The zero-order valence-electron chi connectivity index (χ0n) is 24.3. The van der Waals surface area contributed by atoms with Crippen LogP contribution in [0.4, 0.5) is 55.0 Å². The number of nitrogens with one attached hydrogen (secondary N) is 4. The number of carbonyl (C=O) groups is 1. The Morgan fingerprint density at radius 1 is 1.00 bits per heavy atom. The Kier molecular flexibility index (Phi) is 8.60. The number of aromatic nitrogens is 4. The van der Waals surface area contributed by atoms with Crippen LogP contribution >= 0.6 is 0 Å². The highest BCUT2D eigenvalue weighted by molar-refractivity contribution is 6.05. The summed E-state index contributed by atoms with van der Waals surface area (Å²) in [6, 6.07) is 9.08. The summed E-state index contributed by atoms with van der Waals surface area (Å²) in [6.07, 6.45) is -8.03. The van der Waals surface area contributed by atoms with Gasteiger partial charge in [-0.1, -0.05) is 6.07 Å². The van der Waals surface area contributed by atoms with E-state index >= 15 is 0 Å². The van der Waals surface area contributed by atoms with Crippen molar-refractivity contribution in [1.29, 1.82) is 0 Å². The summed E-state index contributed by atoms with van der Waals surface area (Å²) < 4.78 is 83.0. The van der Waals surface area contributed by atoms with Crippen LogP contribution in [0.25, 0.3) is 5.82 Å². The lowest BCUT2D eigenvalue weighted by Crippen LogP contribution is -2.57. The highest BCUT2D eigenvalue weighted by atomic mass is 19.4. The molecule has 16 heteroatoms. The van der Waals surface area contributed by atoms with Gasteiger partial charge in [0.15, 0.2) is 5.82 Å². The maximum Gasteiger partial charge on any atom is 0.416 e. The van der Waals surface area contributed by atoms with Gasteiger partial charge in [0, 0.05) is 61.4 Å². The van der Waals surface area contributed by atoms with Gasteiger partial charge >= 0.3 is 12.4 Å². The smallest absolute Gasteiger partial charge is 0.373 e. The Morgan fingerprint density at radius 2 is 1.78 bits per heavy atom. The first-order chi connectivity index (χ1) is 21.2. The Labute approximate surface area is 253 Å². The number of anilines is 5. The van der Waals surface area contributed by atoms with Gasteiger partial charge < -0.3 is 26.2 Å². The fourth-order valence-corrected chi connectivity index (χ4v) is 4.83. The third kappa shape index (κ3) is 7.28. The molecular weight excluding hydrogens is 604 g/mol. The number of hydrogen-bond donors (Lipinski definition) is 4. The number of benzene rings is 2. The third-order valence-corrected chi connectivity index (χ3v) is 7.16. The van der Waals surface area contributed by atoms with Gasteiger partial charge in [-0.2, -0.15) is 36.1 Å². The molecule has 4 aromatic rings. The van der Waals surface area contributed by atoms with Crippen LogP contribution in [0.2, 0.25) is 0 Å².